The Labute approximate surface area is 199 Å². The molecule has 0 spiro atoms. The Morgan fingerprint density at radius 1 is 1.03 bits per heavy atom. The van der Waals surface area contributed by atoms with E-state index in [1.807, 2.05) is 0 Å². The SMILES string of the molecule is C=CCOc1ccc(/C=N\NC(=O)CN(c2ccccc2OC)S(=O)(=O)c2ccccc2)cc1. The zero-order chi connectivity index (χ0) is 24.4. The Kier molecular flexibility index (Phi) is 8.42. The zero-order valence-corrected chi connectivity index (χ0v) is 19.4. The van der Waals surface area contributed by atoms with E-state index in [-0.39, 0.29) is 10.6 Å². The highest BCUT2D eigenvalue weighted by Crippen LogP contribution is 2.32. The summed E-state index contributed by atoms with van der Waals surface area (Å²) in [5.74, 6) is 0.379. The molecule has 0 aliphatic heterocycles. The molecule has 0 aliphatic rings. The fraction of sp³-hybridized carbons (Fsp3) is 0.120. The van der Waals surface area contributed by atoms with Gasteiger partial charge in [0.2, 0.25) is 0 Å². The van der Waals surface area contributed by atoms with E-state index in [0.717, 1.165) is 9.87 Å². The van der Waals surface area contributed by atoms with Gasteiger partial charge >= 0.3 is 0 Å². The van der Waals surface area contributed by atoms with Crippen LogP contribution in [0.15, 0.2) is 102 Å². The molecule has 0 radical (unpaired) electrons. The van der Waals surface area contributed by atoms with Gasteiger partial charge in [-0.3, -0.25) is 9.10 Å². The van der Waals surface area contributed by atoms with Gasteiger partial charge in [-0.1, -0.05) is 43.0 Å². The number of nitrogens with one attached hydrogen (secondary N) is 1. The van der Waals surface area contributed by atoms with Gasteiger partial charge in [0.1, 0.15) is 24.7 Å². The molecular formula is C25H25N3O5S. The number of methoxy groups -OCH3 is 1. The molecule has 9 heteroatoms. The molecule has 3 aromatic rings. The Balaban J connectivity index is 1.78. The van der Waals surface area contributed by atoms with Gasteiger partial charge in [-0.2, -0.15) is 5.10 Å². The fourth-order valence-corrected chi connectivity index (χ4v) is 4.46. The first-order chi connectivity index (χ1) is 16.5. The lowest BCUT2D eigenvalue weighted by Gasteiger charge is -2.25. The number of rotatable bonds is 11. The second-order valence-electron chi connectivity index (χ2n) is 6.96. The predicted molar refractivity (Wildman–Crippen MR) is 132 cm³/mol. The molecule has 1 amide bonds. The van der Waals surface area contributed by atoms with Crippen LogP contribution in [0.4, 0.5) is 5.69 Å². The van der Waals surface area contributed by atoms with Crippen LogP contribution in [0.25, 0.3) is 0 Å². The largest absolute Gasteiger partial charge is 0.495 e. The molecule has 3 aromatic carbocycles. The lowest BCUT2D eigenvalue weighted by atomic mass is 10.2. The van der Waals surface area contributed by atoms with Crippen LogP contribution >= 0.6 is 0 Å². The van der Waals surface area contributed by atoms with E-state index >= 15 is 0 Å². The third kappa shape index (κ3) is 6.23. The summed E-state index contributed by atoms with van der Waals surface area (Å²) in [6, 6.07) is 21.6. The van der Waals surface area contributed by atoms with Crippen molar-refractivity contribution in [3.05, 3.63) is 97.1 Å². The smallest absolute Gasteiger partial charge is 0.264 e. The number of benzene rings is 3. The highest BCUT2D eigenvalue weighted by molar-refractivity contribution is 7.92. The van der Waals surface area contributed by atoms with Gasteiger partial charge in [0.05, 0.1) is 23.9 Å². The van der Waals surface area contributed by atoms with Crippen molar-refractivity contribution < 1.29 is 22.7 Å². The van der Waals surface area contributed by atoms with Crippen molar-refractivity contribution in [3.63, 3.8) is 0 Å². The number of sulfonamides is 1. The van der Waals surface area contributed by atoms with Gasteiger partial charge in [-0.25, -0.2) is 13.8 Å². The van der Waals surface area contributed by atoms with Gasteiger partial charge in [-0.15, -0.1) is 0 Å². The number of amides is 1. The van der Waals surface area contributed by atoms with Crippen LogP contribution in [0.2, 0.25) is 0 Å². The minimum Gasteiger partial charge on any atom is -0.495 e. The van der Waals surface area contributed by atoms with Crippen molar-refractivity contribution in [1.29, 1.82) is 0 Å². The Morgan fingerprint density at radius 2 is 1.71 bits per heavy atom. The molecule has 0 aromatic heterocycles. The minimum atomic E-state index is -4.05. The van der Waals surface area contributed by atoms with Gasteiger partial charge in [0.15, 0.2) is 0 Å². The van der Waals surface area contributed by atoms with Gasteiger partial charge in [0, 0.05) is 0 Å². The zero-order valence-electron chi connectivity index (χ0n) is 18.6. The molecule has 0 atom stereocenters. The summed E-state index contributed by atoms with van der Waals surface area (Å²) < 4.78 is 38.5. The lowest BCUT2D eigenvalue weighted by molar-refractivity contribution is -0.119. The van der Waals surface area contributed by atoms with E-state index in [0.29, 0.717) is 18.1 Å². The normalized spacial score (nSPS) is 11.1. The maximum atomic E-state index is 13.4. The van der Waals surface area contributed by atoms with E-state index in [1.165, 1.54) is 25.5 Å². The average molecular weight is 480 g/mol. The number of para-hydroxylation sites is 2. The Hall–Kier alpha value is -4.11. The van der Waals surface area contributed by atoms with Gasteiger partial charge in [0.25, 0.3) is 15.9 Å². The first kappa shape index (κ1) is 24.5. The standard InChI is InChI=1S/C25H25N3O5S/c1-3-17-33-21-15-13-20(14-16-21)18-26-27-25(29)19-28(23-11-7-8-12-24(23)32-2)34(30,31)22-9-5-4-6-10-22/h3-16,18H,1,17,19H2,2H3,(H,27,29)/b26-18-. The molecule has 3 rings (SSSR count). The van der Waals surface area contributed by atoms with Crippen molar-refractivity contribution in [2.45, 2.75) is 4.90 Å². The van der Waals surface area contributed by atoms with Gasteiger partial charge < -0.3 is 9.47 Å². The number of carbonyl (C=O) groups is 1. The average Bonchev–Trinajstić information content (AvgIpc) is 2.87. The van der Waals surface area contributed by atoms with Crippen LogP contribution in [0.5, 0.6) is 11.5 Å². The first-order valence-corrected chi connectivity index (χ1v) is 11.8. The summed E-state index contributed by atoms with van der Waals surface area (Å²) in [4.78, 5) is 12.7. The van der Waals surface area contributed by atoms with E-state index in [1.54, 1.807) is 72.8 Å². The van der Waals surface area contributed by atoms with E-state index in [4.69, 9.17) is 9.47 Å². The molecule has 0 bridgehead atoms. The number of hydrogen-bond acceptors (Lipinski definition) is 6. The van der Waals surface area contributed by atoms with E-state index in [2.05, 4.69) is 17.1 Å². The minimum absolute atomic E-state index is 0.0518. The number of anilines is 1. The predicted octanol–water partition coefficient (Wildman–Crippen LogP) is 3.61. The maximum Gasteiger partial charge on any atom is 0.264 e. The van der Waals surface area contributed by atoms with E-state index in [9.17, 15) is 13.2 Å². The van der Waals surface area contributed by atoms with Crippen LogP contribution in [-0.4, -0.2) is 40.8 Å². The summed E-state index contributed by atoms with van der Waals surface area (Å²) in [5, 5.41) is 3.94. The number of hydrazone groups is 1. The third-order valence-electron chi connectivity index (χ3n) is 4.62. The van der Waals surface area contributed by atoms with Crippen molar-refractivity contribution in [2.24, 2.45) is 5.10 Å². The number of carbonyl (C=O) groups excluding carboxylic acids is 1. The number of hydrogen-bond donors (Lipinski definition) is 1. The Bertz CT molecular complexity index is 1240. The summed E-state index contributed by atoms with van der Waals surface area (Å²) >= 11 is 0. The quantitative estimate of drug-likeness (QED) is 0.257. The van der Waals surface area contributed by atoms with Crippen molar-refractivity contribution >= 4 is 27.8 Å². The second kappa shape index (κ2) is 11.7. The molecule has 34 heavy (non-hydrogen) atoms. The van der Waals surface area contributed by atoms with Crippen molar-refractivity contribution in [1.82, 2.24) is 5.43 Å². The fourth-order valence-electron chi connectivity index (χ4n) is 3.01. The highest BCUT2D eigenvalue weighted by Gasteiger charge is 2.29. The van der Waals surface area contributed by atoms with Crippen LogP contribution in [-0.2, 0) is 14.8 Å². The Morgan fingerprint density at radius 3 is 2.38 bits per heavy atom. The molecular weight excluding hydrogens is 454 g/mol. The van der Waals surface area contributed by atoms with Crippen molar-refractivity contribution in [2.75, 3.05) is 24.6 Å². The van der Waals surface area contributed by atoms with Crippen LogP contribution in [0.3, 0.4) is 0 Å². The van der Waals surface area contributed by atoms with Crippen molar-refractivity contribution in [3.8, 4) is 11.5 Å². The van der Waals surface area contributed by atoms with Crippen LogP contribution in [0, 0.1) is 0 Å². The summed E-state index contributed by atoms with van der Waals surface area (Å²) in [5.41, 5.74) is 3.35. The molecule has 0 heterocycles. The second-order valence-corrected chi connectivity index (χ2v) is 8.82. The highest BCUT2D eigenvalue weighted by atomic mass is 32.2. The number of ether oxygens (including phenoxy) is 2. The van der Waals surface area contributed by atoms with E-state index < -0.39 is 22.5 Å². The van der Waals surface area contributed by atoms with Gasteiger partial charge in [-0.05, 0) is 54.1 Å². The number of nitrogens with zero attached hydrogens (tertiary/aromatic N) is 2. The lowest BCUT2D eigenvalue weighted by Crippen LogP contribution is -2.39. The summed E-state index contributed by atoms with van der Waals surface area (Å²) in [6.07, 6.45) is 3.10. The van der Waals surface area contributed by atoms with Crippen LogP contribution < -0.4 is 19.2 Å². The molecule has 0 saturated heterocycles. The third-order valence-corrected chi connectivity index (χ3v) is 6.40. The topological polar surface area (TPSA) is 97.3 Å². The van der Waals surface area contributed by atoms with Crippen LogP contribution in [0.1, 0.15) is 5.56 Å². The molecule has 0 aliphatic carbocycles. The molecule has 0 unspecified atom stereocenters. The maximum absolute atomic E-state index is 13.4. The first-order valence-electron chi connectivity index (χ1n) is 10.3. The molecule has 0 fully saturated rings. The molecule has 1 N–H and O–H groups in total. The summed E-state index contributed by atoms with van der Waals surface area (Å²) in [6.45, 7) is 3.50. The molecule has 176 valence electrons. The molecule has 0 saturated carbocycles. The summed E-state index contributed by atoms with van der Waals surface area (Å²) in [7, 11) is -2.62. The monoisotopic (exact) mass is 479 g/mol. The molecule has 8 nitrogen and oxygen atoms in total.